The highest BCUT2D eigenvalue weighted by Gasteiger charge is 2.58. The van der Waals surface area contributed by atoms with Crippen molar-refractivity contribution in [3.8, 4) is 0 Å². The van der Waals surface area contributed by atoms with Crippen LogP contribution in [0.4, 0.5) is 4.79 Å². The number of rotatable bonds is 7. The lowest BCUT2D eigenvalue weighted by Gasteiger charge is -2.27. The van der Waals surface area contributed by atoms with Crippen LogP contribution in [0, 0.1) is 11.8 Å². The molecule has 2 fully saturated rings. The molecule has 1 aliphatic heterocycles. The van der Waals surface area contributed by atoms with Crippen molar-refractivity contribution in [2.45, 2.75) is 45.1 Å². The maximum atomic E-state index is 12.7. The predicted molar refractivity (Wildman–Crippen MR) is 79.5 cm³/mol. The van der Waals surface area contributed by atoms with Crippen molar-refractivity contribution < 1.29 is 18.0 Å². The van der Waals surface area contributed by atoms with E-state index in [-0.39, 0.29) is 24.1 Å². The van der Waals surface area contributed by atoms with Crippen LogP contribution in [0.15, 0.2) is 0 Å². The van der Waals surface area contributed by atoms with Crippen molar-refractivity contribution >= 4 is 21.8 Å². The smallest absolute Gasteiger partial charge is 0.323 e. The highest BCUT2D eigenvalue weighted by molar-refractivity contribution is 7.90. The van der Waals surface area contributed by atoms with E-state index in [0.717, 1.165) is 30.4 Å². The highest BCUT2D eigenvalue weighted by Crippen LogP contribution is 2.45. The molecule has 7 heteroatoms. The van der Waals surface area contributed by atoms with E-state index in [2.05, 4.69) is 19.2 Å². The van der Waals surface area contributed by atoms with Gasteiger partial charge in [0.05, 0.1) is 5.75 Å². The maximum absolute atomic E-state index is 12.7. The van der Waals surface area contributed by atoms with Crippen LogP contribution in [0.25, 0.3) is 0 Å². The second-order valence-corrected chi connectivity index (χ2v) is 8.95. The Balaban J connectivity index is 2.13. The summed E-state index contributed by atoms with van der Waals surface area (Å²) in [6, 6.07) is -0.445. The molecule has 1 atom stereocenters. The Bertz CT molecular complexity index is 539. The quantitative estimate of drug-likeness (QED) is 0.715. The van der Waals surface area contributed by atoms with E-state index in [1.54, 1.807) is 0 Å². The van der Waals surface area contributed by atoms with Gasteiger partial charge in [-0.3, -0.25) is 9.69 Å². The second-order valence-electron chi connectivity index (χ2n) is 6.69. The number of carbonyl (C=O) groups is 2. The van der Waals surface area contributed by atoms with E-state index in [1.807, 2.05) is 0 Å². The topological polar surface area (TPSA) is 83.6 Å². The molecule has 1 N–H and O–H groups in total. The van der Waals surface area contributed by atoms with E-state index in [9.17, 15) is 18.0 Å². The molecule has 0 bridgehead atoms. The first-order chi connectivity index (χ1) is 9.66. The molecule has 0 aromatic rings. The average molecular weight is 316 g/mol. The van der Waals surface area contributed by atoms with Gasteiger partial charge in [0.15, 0.2) is 0 Å². The fourth-order valence-electron chi connectivity index (χ4n) is 2.85. The summed E-state index contributed by atoms with van der Waals surface area (Å²) < 4.78 is 22.5. The predicted octanol–water partition coefficient (Wildman–Crippen LogP) is 1.17. The van der Waals surface area contributed by atoms with Crippen LogP contribution in [-0.2, 0) is 14.6 Å². The van der Waals surface area contributed by atoms with Crippen LogP contribution in [-0.4, -0.2) is 49.3 Å². The monoisotopic (exact) mass is 316 g/mol. The summed E-state index contributed by atoms with van der Waals surface area (Å²) in [5, 5.41) is 2.86. The Kier molecular flexibility index (Phi) is 4.33. The molecule has 2 rings (SSSR count). The standard InChI is InChI=1S/C14H24N2O4S/c1-10(2)6-7-14(11-4-5-11)12(17)16(13(18)15-14)8-9-21(3,19)20/h10-11H,4-9H2,1-3H3,(H,15,18)/t14-/m1/s1. The molecular weight excluding hydrogens is 292 g/mol. The highest BCUT2D eigenvalue weighted by atomic mass is 32.2. The number of carbonyl (C=O) groups excluding carboxylic acids is 2. The largest absolute Gasteiger partial charge is 0.325 e. The summed E-state index contributed by atoms with van der Waals surface area (Å²) in [4.78, 5) is 25.9. The van der Waals surface area contributed by atoms with Gasteiger partial charge in [-0.1, -0.05) is 13.8 Å². The lowest BCUT2D eigenvalue weighted by atomic mass is 9.85. The van der Waals surface area contributed by atoms with Crippen molar-refractivity contribution in [2.24, 2.45) is 11.8 Å². The fourth-order valence-corrected chi connectivity index (χ4v) is 3.36. The zero-order valence-electron chi connectivity index (χ0n) is 12.9. The van der Waals surface area contributed by atoms with Crippen molar-refractivity contribution in [3.05, 3.63) is 0 Å². The average Bonchev–Trinajstić information content (AvgIpc) is 3.14. The Labute approximate surface area is 126 Å². The Hall–Kier alpha value is -1.11. The molecule has 120 valence electrons. The first-order valence-electron chi connectivity index (χ1n) is 7.47. The number of nitrogens with one attached hydrogen (secondary N) is 1. The number of hydrogen-bond donors (Lipinski definition) is 1. The molecule has 0 radical (unpaired) electrons. The van der Waals surface area contributed by atoms with E-state index in [0.29, 0.717) is 12.3 Å². The lowest BCUT2D eigenvalue weighted by Crippen LogP contribution is -2.49. The lowest BCUT2D eigenvalue weighted by molar-refractivity contribution is -0.132. The van der Waals surface area contributed by atoms with Gasteiger partial charge in [-0.05, 0) is 37.5 Å². The first kappa shape index (κ1) is 16.3. The van der Waals surface area contributed by atoms with Gasteiger partial charge in [0.2, 0.25) is 0 Å². The summed E-state index contributed by atoms with van der Waals surface area (Å²) in [5.74, 6) is 0.238. The number of hydrogen-bond acceptors (Lipinski definition) is 4. The van der Waals surface area contributed by atoms with E-state index >= 15 is 0 Å². The van der Waals surface area contributed by atoms with Crippen molar-refractivity contribution in [1.82, 2.24) is 10.2 Å². The van der Waals surface area contributed by atoms with Crippen LogP contribution in [0.1, 0.15) is 39.5 Å². The molecule has 0 aromatic heterocycles. The minimum absolute atomic E-state index is 0.0559. The zero-order chi connectivity index (χ0) is 15.8. The molecule has 2 aliphatic rings. The second kappa shape index (κ2) is 5.59. The molecule has 1 aliphatic carbocycles. The third kappa shape index (κ3) is 3.56. The molecule has 21 heavy (non-hydrogen) atoms. The fraction of sp³-hybridized carbons (Fsp3) is 0.857. The Morgan fingerprint density at radius 2 is 1.95 bits per heavy atom. The Morgan fingerprint density at radius 1 is 1.33 bits per heavy atom. The number of urea groups is 1. The van der Waals surface area contributed by atoms with Crippen LogP contribution in [0.2, 0.25) is 0 Å². The first-order valence-corrected chi connectivity index (χ1v) is 9.53. The summed E-state index contributed by atoms with van der Waals surface area (Å²) in [6.45, 7) is 4.12. The summed E-state index contributed by atoms with van der Waals surface area (Å²) in [6.07, 6.45) is 4.50. The van der Waals surface area contributed by atoms with Gasteiger partial charge < -0.3 is 5.32 Å². The number of amides is 3. The summed E-state index contributed by atoms with van der Waals surface area (Å²) in [5.41, 5.74) is -0.793. The van der Waals surface area contributed by atoms with Crippen molar-refractivity contribution in [2.75, 3.05) is 18.6 Å². The molecule has 0 spiro atoms. The van der Waals surface area contributed by atoms with Crippen LogP contribution >= 0.6 is 0 Å². The van der Waals surface area contributed by atoms with Gasteiger partial charge >= 0.3 is 6.03 Å². The maximum Gasteiger partial charge on any atom is 0.325 e. The number of sulfone groups is 1. The molecule has 0 unspecified atom stereocenters. The van der Waals surface area contributed by atoms with E-state index in [1.165, 1.54) is 0 Å². The number of imide groups is 1. The van der Waals surface area contributed by atoms with Crippen LogP contribution in [0.3, 0.4) is 0 Å². The van der Waals surface area contributed by atoms with Gasteiger partial charge in [0.1, 0.15) is 15.4 Å². The molecule has 1 saturated heterocycles. The zero-order valence-corrected chi connectivity index (χ0v) is 13.7. The third-order valence-corrected chi connectivity index (χ3v) is 5.20. The molecule has 6 nitrogen and oxygen atoms in total. The van der Waals surface area contributed by atoms with Gasteiger partial charge in [-0.2, -0.15) is 0 Å². The van der Waals surface area contributed by atoms with Crippen LogP contribution < -0.4 is 5.32 Å². The molecular formula is C14H24N2O4S. The van der Waals surface area contributed by atoms with Gasteiger partial charge in [0.25, 0.3) is 5.91 Å². The van der Waals surface area contributed by atoms with Crippen molar-refractivity contribution in [3.63, 3.8) is 0 Å². The summed E-state index contributed by atoms with van der Waals surface area (Å²) in [7, 11) is -3.20. The van der Waals surface area contributed by atoms with Crippen molar-refractivity contribution in [1.29, 1.82) is 0 Å². The van der Waals surface area contributed by atoms with Crippen LogP contribution in [0.5, 0.6) is 0 Å². The SMILES string of the molecule is CC(C)CC[C@]1(C2CC2)NC(=O)N(CCS(C)(=O)=O)C1=O. The molecule has 3 amide bonds. The summed E-state index contributed by atoms with van der Waals surface area (Å²) >= 11 is 0. The third-order valence-electron chi connectivity index (χ3n) is 4.28. The number of nitrogens with zero attached hydrogens (tertiary/aromatic N) is 1. The van der Waals surface area contributed by atoms with E-state index < -0.39 is 21.4 Å². The molecule has 1 saturated carbocycles. The van der Waals surface area contributed by atoms with Gasteiger partial charge in [0, 0.05) is 12.8 Å². The normalized spacial score (nSPS) is 26.6. The van der Waals surface area contributed by atoms with E-state index in [4.69, 9.17) is 0 Å². The molecule has 1 heterocycles. The Morgan fingerprint density at radius 3 is 2.43 bits per heavy atom. The minimum atomic E-state index is -3.20. The van der Waals surface area contributed by atoms with Gasteiger partial charge in [-0.15, -0.1) is 0 Å². The van der Waals surface area contributed by atoms with Gasteiger partial charge in [-0.25, -0.2) is 13.2 Å². The molecule has 0 aromatic carbocycles. The minimum Gasteiger partial charge on any atom is -0.323 e.